The number of hydrogen-bond acceptors (Lipinski definition) is 1. The number of rotatable bonds is 4. The lowest BCUT2D eigenvalue weighted by atomic mass is 9.75. The predicted molar refractivity (Wildman–Crippen MR) is 59.4 cm³/mol. The maximum atomic E-state index is 4.24. The van der Waals surface area contributed by atoms with E-state index in [1.54, 1.807) is 0 Å². The summed E-state index contributed by atoms with van der Waals surface area (Å²) in [5.74, 6) is 1.70. The van der Waals surface area contributed by atoms with Crippen molar-refractivity contribution in [2.75, 3.05) is 0 Å². The minimum absolute atomic E-state index is 0.551. The first-order chi connectivity index (χ1) is 6.29. The number of hydrogen-bond donors (Lipinski definition) is 0. The van der Waals surface area contributed by atoms with E-state index < -0.39 is 0 Å². The fourth-order valence-electron chi connectivity index (χ4n) is 2.56. The molecule has 1 heteroatoms. The van der Waals surface area contributed by atoms with Crippen LogP contribution in [0.25, 0.3) is 0 Å². The van der Waals surface area contributed by atoms with Crippen LogP contribution in [0.1, 0.15) is 52.4 Å². The van der Waals surface area contributed by atoms with Crippen LogP contribution < -0.4 is 0 Å². The Hall–Kier alpha value is -0.330. The topological polar surface area (TPSA) is 12.4 Å². The van der Waals surface area contributed by atoms with Crippen molar-refractivity contribution in [3.8, 4) is 0 Å². The molecule has 0 saturated heterocycles. The molecule has 3 unspecified atom stereocenters. The first kappa shape index (κ1) is 10.7. The maximum Gasteiger partial charge on any atom is 0.0520 e. The van der Waals surface area contributed by atoms with Crippen LogP contribution in [0, 0.1) is 11.8 Å². The lowest BCUT2D eigenvalue weighted by molar-refractivity contribution is 0.209. The zero-order valence-corrected chi connectivity index (χ0v) is 9.13. The molecule has 1 rings (SSSR count). The molecule has 0 aromatic carbocycles. The Morgan fingerprint density at radius 3 is 2.77 bits per heavy atom. The quantitative estimate of drug-likeness (QED) is 0.587. The van der Waals surface area contributed by atoms with Gasteiger partial charge in [-0.2, -0.15) is 0 Å². The minimum atomic E-state index is 0.551. The smallest absolute Gasteiger partial charge is 0.0520 e. The molecule has 0 amide bonds. The van der Waals surface area contributed by atoms with E-state index in [2.05, 4.69) is 25.6 Å². The lowest BCUT2D eigenvalue weighted by Crippen LogP contribution is -2.28. The summed E-state index contributed by atoms with van der Waals surface area (Å²) in [5.41, 5.74) is 0. The molecule has 0 aromatic rings. The van der Waals surface area contributed by atoms with Crippen LogP contribution in [-0.2, 0) is 0 Å². The first-order valence-corrected chi connectivity index (χ1v) is 5.75. The van der Waals surface area contributed by atoms with E-state index in [1.165, 1.54) is 38.5 Å². The predicted octanol–water partition coefficient (Wildman–Crippen LogP) is 3.68. The average Bonchev–Trinajstić information content (AvgIpc) is 2.16. The van der Waals surface area contributed by atoms with Crippen molar-refractivity contribution in [1.82, 2.24) is 0 Å². The van der Waals surface area contributed by atoms with Gasteiger partial charge in [0.15, 0.2) is 0 Å². The Bertz CT molecular complexity index is 153. The third kappa shape index (κ3) is 2.82. The highest BCUT2D eigenvalue weighted by Gasteiger charge is 2.28. The van der Waals surface area contributed by atoms with Gasteiger partial charge in [-0.3, -0.25) is 4.99 Å². The van der Waals surface area contributed by atoms with Gasteiger partial charge in [-0.15, -0.1) is 0 Å². The molecule has 0 N–H and O–H groups in total. The van der Waals surface area contributed by atoms with E-state index in [0.717, 1.165) is 11.8 Å². The first-order valence-electron chi connectivity index (χ1n) is 5.75. The standard InChI is InChI=1S/C12H23N/c1-4-5-7-11-8-6-9-12(13-3)10(11)2/h10-12H,3-9H2,1-2H3. The summed E-state index contributed by atoms with van der Waals surface area (Å²) in [4.78, 5) is 4.24. The zero-order chi connectivity index (χ0) is 9.68. The van der Waals surface area contributed by atoms with Crippen LogP contribution in [0.5, 0.6) is 0 Å². The summed E-state index contributed by atoms with van der Waals surface area (Å²) in [6.07, 6.45) is 8.18. The van der Waals surface area contributed by atoms with Crippen LogP contribution >= 0.6 is 0 Å². The molecule has 13 heavy (non-hydrogen) atoms. The molecule has 0 spiro atoms. The SMILES string of the molecule is C=NC1CCCC(CCCC)C1C. The maximum absolute atomic E-state index is 4.24. The van der Waals surface area contributed by atoms with Crippen LogP contribution in [0.3, 0.4) is 0 Å². The Labute approximate surface area is 82.6 Å². The molecule has 1 fully saturated rings. The molecule has 1 aliphatic carbocycles. The van der Waals surface area contributed by atoms with Crippen LogP contribution in [0.15, 0.2) is 4.99 Å². The third-order valence-electron chi connectivity index (χ3n) is 3.59. The summed E-state index contributed by atoms with van der Waals surface area (Å²) < 4.78 is 0. The van der Waals surface area contributed by atoms with Crippen molar-refractivity contribution in [1.29, 1.82) is 0 Å². The number of unbranched alkanes of at least 4 members (excludes halogenated alkanes) is 1. The average molecular weight is 181 g/mol. The van der Waals surface area contributed by atoms with E-state index >= 15 is 0 Å². The van der Waals surface area contributed by atoms with Gasteiger partial charge in [0.1, 0.15) is 0 Å². The summed E-state index contributed by atoms with van der Waals surface area (Å²) in [7, 11) is 0. The molecule has 0 bridgehead atoms. The molecule has 0 heterocycles. The highest BCUT2D eigenvalue weighted by atomic mass is 14.8. The molecule has 0 aromatic heterocycles. The van der Waals surface area contributed by atoms with Crippen molar-refractivity contribution in [3.63, 3.8) is 0 Å². The van der Waals surface area contributed by atoms with E-state index in [4.69, 9.17) is 0 Å². The molecule has 0 radical (unpaired) electrons. The fourth-order valence-corrected chi connectivity index (χ4v) is 2.56. The summed E-state index contributed by atoms with van der Waals surface area (Å²) in [6.45, 7) is 8.33. The molecule has 1 nitrogen and oxygen atoms in total. The highest BCUT2D eigenvalue weighted by Crippen LogP contribution is 2.34. The van der Waals surface area contributed by atoms with Gasteiger partial charge in [0.2, 0.25) is 0 Å². The van der Waals surface area contributed by atoms with Gasteiger partial charge in [0.05, 0.1) is 6.04 Å². The second-order valence-corrected chi connectivity index (χ2v) is 4.44. The van der Waals surface area contributed by atoms with Crippen molar-refractivity contribution in [2.24, 2.45) is 16.8 Å². The van der Waals surface area contributed by atoms with Crippen LogP contribution in [-0.4, -0.2) is 12.8 Å². The normalized spacial score (nSPS) is 34.5. The van der Waals surface area contributed by atoms with Crippen molar-refractivity contribution >= 4 is 6.72 Å². The van der Waals surface area contributed by atoms with Gasteiger partial charge in [-0.1, -0.05) is 46.0 Å². The van der Waals surface area contributed by atoms with Gasteiger partial charge < -0.3 is 0 Å². The van der Waals surface area contributed by atoms with Crippen LogP contribution in [0.4, 0.5) is 0 Å². The molecular weight excluding hydrogens is 158 g/mol. The Morgan fingerprint density at radius 2 is 2.15 bits per heavy atom. The summed E-state index contributed by atoms with van der Waals surface area (Å²) >= 11 is 0. The molecule has 1 aliphatic rings. The molecule has 1 saturated carbocycles. The monoisotopic (exact) mass is 181 g/mol. The van der Waals surface area contributed by atoms with E-state index in [0.29, 0.717) is 6.04 Å². The minimum Gasteiger partial charge on any atom is -0.297 e. The second-order valence-electron chi connectivity index (χ2n) is 4.44. The van der Waals surface area contributed by atoms with Crippen molar-refractivity contribution in [2.45, 2.75) is 58.4 Å². The molecule has 0 aliphatic heterocycles. The number of aliphatic imine (C=N–C) groups is 1. The Balaban J connectivity index is 2.39. The molecular formula is C12H23N. The van der Waals surface area contributed by atoms with Crippen molar-refractivity contribution in [3.05, 3.63) is 0 Å². The summed E-state index contributed by atoms with van der Waals surface area (Å²) in [5, 5.41) is 0. The largest absolute Gasteiger partial charge is 0.297 e. The Morgan fingerprint density at radius 1 is 1.38 bits per heavy atom. The van der Waals surface area contributed by atoms with Gasteiger partial charge >= 0.3 is 0 Å². The number of nitrogens with zero attached hydrogens (tertiary/aromatic N) is 1. The van der Waals surface area contributed by atoms with Crippen molar-refractivity contribution < 1.29 is 0 Å². The van der Waals surface area contributed by atoms with E-state index in [-0.39, 0.29) is 0 Å². The fraction of sp³-hybridized carbons (Fsp3) is 0.917. The van der Waals surface area contributed by atoms with Gasteiger partial charge in [-0.05, 0) is 25.0 Å². The highest BCUT2D eigenvalue weighted by molar-refractivity contribution is 5.24. The lowest BCUT2D eigenvalue weighted by Gasteiger charge is -2.33. The van der Waals surface area contributed by atoms with E-state index in [1.807, 2.05) is 0 Å². The molecule has 3 atom stereocenters. The second kappa shape index (κ2) is 5.41. The molecule has 76 valence electrons. The van der Waals surface area contributed by atoms with E-state index in [9.17, 15) is 0 Å². The van der Waals surface area contributed by atoms with Crippen LogP contribution in [0.2, 0.25) is 0 Å². The van der Waals surface area contributed by atoms with Gasteiger partial charge in [-0.25, -0.2) is 0 Å². The third-order valence-corrected chi connectivity index (χ3v) is 3.59. The van der Waals surface area contributed by atoms with Gasteiger partial charge in [0, 0.05) is 0 Å². The van der Waals surface area contributed by atoms with Gasteiger partial charge in [0.25, 0.3) is 0 Å². The summed E-state index contributed by atoms with van der Waals surface area (Å²) in [6, 6.07) is 0.551. The Kier molecular flexibility index (Phi) is 4.47. The zero-order valence-electron chi connectivity index (χ0n) is 9.13.